The van der Waals surface area contributed by atoms with Gasteiger partial charge in [0.2, 0.25) is 0 Å². The van der Waals surface area contributed by atoms with Gasteiger partial charge in [-0.1, -0.05) is 0 Å². The first-order chi connectivity index (χ1) is 10.5. The van der Waals surface area contributed by atoms with E-state index in [0.29, 0.717) is 18.8 Å². The number of ether oxygens (including phenoxy) is 1. The highest BCUT2D eigenvalue weighted by molar-refractivity contribution is 7.12. The molecule has 1 atom stereocenters. The Hall–Kier alpha value is -1.86. The summed E-state index contributed by atoms with van der Waals surface area (Å²) in [6.45, 7) is 5.33. The van der Waals surface area contributed by atoms with Crippen LogP contribution in [0, 0.1) is 6.92 Å². The molecule has 0 radical (unpaired) electrons. The van der Waals surface area contributed by atoms with E-state index in [2.05, 4.69) is 29.5 Å². The number of methoxy groups -OCH3 is 1. The van der Waals surface area contributed by atoms with E-state index in [0.717, 1.165) is 0 Å². The smallest absolute Gasteiger partial charge is 0.322 e. The number of carbonyl (C=O) groups is 1. The number of carbonyl (C=O) groups excluding carboxylic acids is 1. The van der Waals surface area contributed by atoms with E-state index in [-0.39, 0.29) is 12.1 Å². The van der Waals surface area contributed by atoms with Crippen LogP contribution in [0.5, 0.6) is 0 Å². The lowest BCUT2D eigenvalue weighted by molar-refractivity contribution is 0.183. The summed E-state index contributed by atoms with van der Waals surface area (Å²) in [5, 5.41) is 7.04. The molecule has 0 fully saturated rings. The quantitative estimate of drug-likeness (QED) is 0.889. The van der Waals surface area contributed by atoms with Crippen LogP contribution in [0.2, 0.25) is 0 Å². The molecule has 7 heteroatoms. The van der Waals surface area contributed by atoms with Gasteiger partial charge in [-0.2, -0.15) is 5.10 Å². The van der Waals surface area contributed by atoms with Crippen LogP contribution >= 0.6 is 11.3 Å². The van der Waals surface area contributed by atoms with Crippen molar-refractivity contribution in [3.05, 3.63) is 34.3 Å². The molecular formula is C15H22N4O2S. The molecule has 6 nitrogen and oxygen atoms in total. The number of urea groups is 1. The molecule has 0 spiro atoms. The Labute approximate surface area is 134 Å². The highest BCUT2D eigenvalue weighted by Crippen LogP contribution is 2.26. The molecule has 2 aromatic heterocycles. The fourth-order valence-corrected chi connectivity index (χ4v) is 2.96. The minimum atomic E-state index is -0.148. The summed E-state index contributed by atoms with van der Waals surface area (Å²) in [5.74, 6) is 0. The van der Waals surface area contributed by atoms with Crippen LogP contribution in [0.15, 0.2) is 24.5 Å². The van der Waals surface area contributed by atoms with Crippen LogP contribution in [0.4, 0.5) is 10.5 Å². The molecule has 2 amide bonds. The first kappa shape index (κ1) is 16.5. The van der Waals surface area contributed by atoms with Crippen molar-refractivity contribution in [2.75, 3.05) is 26.1 Å². The van der Waals surface area contributed by atoms with Gasteiger partial charge in [0.15, 0.2) is 0 Å². The van der Waals surface area contributed by atoms with Crippen molar-refractivity contribution in [3.8, 4) is 0 Å². The van der Waals surface area contributed by atoms with Gasteiger partial charge in [-0.25, -0.2) is 4.79 Å². The van der Waals surface area contributed by atoms with Gasteiger partial charge in [-0.3, -0.25) is 4.68 Å². The zero-order valence-corrected chi connectivity index (χ0v) is 14.2. The Morgan fingerprint density at radius 3 is 2.95 bits per heavy atom. The van der Waals surface area contributed by atoms with E-state index in [9.17, 15) is 4.79 Å². The second kappa shape index (κ2) is 7.42. The third kappa shape index (κ3) is 4.08. The van der Waals surface area contributed by atoms with E-state index in [4.69, 9.17) is 4.74 Å². The Bertz CT molecular complexity index is 623. The number of aromatic nitrogens is 2. The zero-order valence-electron chi connectivity index (χ0n) is 13.4. The lowest BCUT2D eigenvalue weighted by Gasteiger charge is -2.24. The van der Waals surface area contributed by atoms with Gasteiger partial charge >= 0.3 is 6.03 Å². The lowest BCUT2D eigenvalue weighted by atomic mass is 10.2. The second-order valence-electron chi connectivity index (χ2n) is 5.15. The van der Waals surface area contributed by atoms with Gasteiger partial charge in [0.05, 0.1) is 31.1 Å². The van der Waals surface area contributed by atoms with Crippen LogP contribution < -0.4 is 5.32 Å². The number of rotatable bonds is 6. The number of hydrogen-bond acceptors (Lipinski definition) is 4. The Kier molecular flexibility index (Phi) is 5.57. The van der Waals surface area contributed by atoms with E-state index in [1.165, 1.54) is 9.75 Å². The van der Waals surface area contributed by atoms with Gasteiger partial charge in [-0.05, 0) is 26.0 Å². The van der Waals surface area contributed by atoms with Gasteiger partial charge in [0.1, 0.15) is 0 Å². The summed E-state index contributed by atoms with van der Waals surface area (Å²) in [5.41, 5.74) is 0.683. The highest BCUT2D eigenvalue weighted by Gasteiger charge is 2.19. The first-order valence-corrected chi connectivity index (χ1v) is 7.94. The molecular weight excluding hydrogens is 300 g/mol. The molecule has 0 saturated heterocycles. The van der Waals surface area contributed by atoms with Gasteiger partial charge in [0, 0.05) is 30.1 Å². The fraction of sp³-hybridized carbons (Fsp3) is 0.467. The number of nitrogens with zero attached hydrogens (tertiary/aromatic N) is 3. The number of hydrogen-bond donors (Lipinski definition) is 1. The SMILES string of the molecule is COCCn1cc(NC(=O)N(C)[C@@H](C)c2ccc(C)s2)cn1. The van der Waals surface area contributed by atoms with Crippen molar-refractivity contribution in [1.29, 1.82) is 0 Å². The molecule has 0 saturated carbocycles. The number of anilines is 1. The Morgan fingerprint density at radius 2 is 2.32 bits per heavy atom. The minimum absolute atomic E-state index is 0.0298. The summed E-state index contributed by atoms with van der Waals surface area (Å²) in [7, 11) is 3.44. The van der Waals surface area contributed by atoms with E-state index in [1.807, 2.05) is 6.92 Å². The first-order valence-electron chi connectivity index (χ1n) is 7.12. The largest absolute Gasteiger partial charge is 0.383 e. The second-order valence-corrected chi connectivity index (χ2v) is 6.47. The third-order valence-corrected chi connectivity index (χ3v) is 4.65. The summed E-state index contributed by atoms with van der Waals surface area (Å²) < 4.78 is 6.74. The van der Waals surface area contributed by atoms with E-state index < -0.39 is 0 Å². The molecule has 0 unspecified atom stereocenters. The molecule has 0 aliphatic carbocycles. The van der Waals surface area contributed by atoms with Crippen LogP contribution in [0.25, 0.3) is 0 Å². The van der Waals surface area contributed by atoms with Crippen LogP contribution in [-0.4, -0.2) is 41.5 Å². The number of amides is 2. The number of aryl methyl sites for hydroxylation is 1. The molecule has 0 aliphatic heterocycles. The number of nitrogens with one attached hydrogen (secondary N) is 1. The average Bonchev–Trinajstić information content (AvgIpc) is 3.12. The predicted octanol–water partition coefficient (Wildman–Crippen LogP) is 3.12. The minimum Gasteiger partial charge on any atom is -0.383 e. The van der Waals surface area contributed by atoms with Crippen molar-refractivity contribution in [3.63, 3.8) is 0 Å². The normalized spacial score (nSPS) is 12.2. The Morgan fingerprint density at radius 1 is 1.55 bits per heavy atom. The maximum Gasteiger partial charge on any atom is 0.322 e. The molecule has 2 aromatic rings. The highest BCUT2D eigenvalue weighted by atomic mass is 32.1. The van der Waals surface area contributed by atoms with E-state index in [1.54, 1.807) is 47.5 Å². The van der Waals surface area contributed by atoms with Crippen LogP contribution in [-0.2, 0) is 11.3 Å². The fourth-order valence-electron chi connectivity index (χ4n) is 1.99. The van der Waals surface area contributed by atoms with Gasteiger partial charge < -0.3 is 15.0 Å². The molecule has 2 rings (SSSR count). The van der Waals surface area contributed by atoms with Gasteiger partial charge in [-0.15, -0.1) is 11.3 Å². The lowest BCUT2D eigenvalue weighted by Crippen LogP contribution is -2.33. The van der Waals surface area contributed by atoms with Crippen LogP contribution in [0.3, 0.4) is 0 Å². The summed E-state index contributed by atoms with van der Waals surface area (Å²) in [6, 6.07) is 4.02. The molecule has 0 aromatic carbocycles. The molecule has 2 heterocycles. The molecule has 120 valence electrons. The van der Waals surface area contributed by atoms with Crippen LogP contribution in [0.1, 0.15) is 22.7 Å². The summed E-state index contributed by atoms with van der Waals surface area (Å²) in [6.07, 6.45) is 3.44. The zero-order chi connectivity index (χ0) is 16.1. The van der Waals surface area contributed by atoms with Crippen molar-refractivity contribution < 1.29 is 9.53 Å². The standard InChI is InChI=1S/C15H22N4O2S/c1-11-5-6-14(22-11)12(2)18(3)15(20)17-13-9-16-19(10-13)7-8-21-4/h5-6,9-10,12H,7-8H2,1-4H3,(H,17,20)/t12-/m0/s1. The third-order valence-electron chi connectivity index (χ3n) is 3.48. The predicted molar refractivity (Wildman–Crippen MR) is 88.4 cm³/mol. The molecule has 1 N–H and O–H groups in total. The maximum absolute atomic E-state index is 12.3. The molecule has 22 heavy (non-hydrogen) atoms. The molecule has 0 aliphatic rings. The van der Waals surface area contributed by atoms with Crippen molar-refractivity contribution >= 4 is 23.1 Å². The average molecular weight is 322 g/mol. The summed E-state index contributed by atoms with van der Waals surface area (Å²) in [4.78, 5) is 16.4. The Balaban J connectivity index is 1.94. The topological polar surface area (TPSA) is 59.4 Å². The summed E-state index contributed by atoms with van der Waals surface area (Å²) >= 11 is 1.71. The van der Waals surface area contributed by atoms with E-state index >= 15 is 0 Å². The van der Waals surface area contributed by atoms with Crippen molar-refractivity contribution in [1.82, 2.24) is 14.7 Å². The molecule has 0 bridgehead atoms. The maximum atomic E-state index is 12.3. The van der Waals surface area contributed by atoms with Gasteiger partial charge in [0.25, 0.3) is 0 Å². The van der Waals surface area contributed by atoms with Crippen molar-refractivity contribution in [2.45, 2.75) is 26.4 Å². The van der Waals surface area contributed by atoms with Crippen molar-refractivity contribution in [2.24, 2.45) is 0 Å². The number of thiophene rings is 1. The monoisotopic (exact) mass is 322 g/mol.